The van der Waals surface area contributed by atoms with Gasteiger partial charge in [0.1, 0.15) is 6.10 Å². The van der Waals surface area contributed by atoms with Crippen LogP contribution in [0.2, 0.25) is 0 Å². The van der Waals surface area contributed by atoms with Crippen LogP contribution in [0.5, 0.6) is 0 Å². The molecule has 1 aliphatic heterocycles. The maximum absolute atomic E-state index is 12.3. The number of hydrogen-bond acceptors (Lipinski definition) is 4. The van der Waals surface area contributed by atoms with Gasteiger partial charge in [0.25, 0.3) is 0 Å². The van der Waals surface area contributed by atoms with E-state index in [-0.39, 0.29) is 18.5 Å². The van der Waals surface area contributed by atoms with E-state index in [4.69, 9.17) is 4.74 Å². The third-order valence-corrected chi connectivity index (χ3v) is 3.88. The van der Waals surface area contributed by atoms with Gasteiger partial charge in [-0.3, -0.25) is 9.79 Å². The summed E-state index contributed by atoms with van der Waals surface area (Å²) in [5.41, 5.74) is 2.49. The molecule has 122 valence electrons. The van der Waals surface area contributed by atoms with Crippen LogP contribution in [0.4, 0.5) is 0 Å². The fourth-order valence-corrected chi connectivity index (χ4v) is 2.72. The number of ether oxygens (including phenoxy) is 1. The maximum atomic E-state index is 12.3. The molecule has 0 radical (unpaired) electrons. The summed E-state index contributed by atoms with van der Waals surface area (Å²) in [6.45, 7) is -0.0683. The number of rotatable bonds is 6. The van der Waals surface area contributed by atoms with Crippen molar-refractivity contribution in [3.8, 4) is 0 Å². The molecule has 1 heterocycles. The summed E-state index contributed by atoms with van der Waals surface area (Å²) in [4.78, 5) is 16.5. The van der Waals surface area contributed by atoms with Gasteiger partial charge in [0.05, 0.1) is 5.71 Å². The second-order valence-electron chi connectivity index (χ2n) is 5.53. The van der Waals surface area contributed by atoms with Crippen LogP contribution in [0.3, 0.4) is 0 Å². The number of aliphatic imine (C=N–C) groups is 1. The zero-order chi connectivity index (χ0) is 16.8. The average molecular weight is 321 g/mol. The number of hydrogen-bond donors (Lipinski definition) is 1. The van der Waals surface area contributed by atoms with E-state index in [1.165, 1.54) is 12.3 Å². The van der Waals surface area contributed by atoms with E-state index >= 15 is 0 Å². The van der Waals surface area contributed by atoms with Gasteiger partial charge in [0.15, 0.2) is 11.9 Å². The SMILES string of the molecule is O=C1C=CN=C(CCO)C1OC(c1ccccc1)c1ccccc1. The van der Waals surface area contributed by atoms with Crippen molar-refractivity contribution in [1.29, 1.82) is 0 Å². The van der Waals surface area contributed by atoms with E-state index < -0.39 is 6.10 Å². The lowest BCUT2D eigenvalue weighted by Gasteiger charge is -2.26. The van der Waals surface area contributed by atoms with Crippen LogP contribution in [-0.4, -0.2) is 29.3 Å². The Balaban J connectivity index is 1.93. The Kier molecular flexibility index (Phi) is 5.31. The molecule has 2 aromatic carbocycles. The summed E-state index contributed by atoms with van der Waals surface area (Å²) >= 11 is 0. The van der Waals surface area contributed by atoms with Crippen molar-refractivity contribution in [1.82, 2.24) is 0 Å². The number of ketones is 1. The van der Waals surface area contributed by atoms with Gasteiger partial charge >= 0.3 is 0 Å². The van der Waals surface area contributed by atoms with Crippen LogP contribution in [0.1, 0.15) is 23.7 Å². The minimum absolute atomic E-state index is 0.0683. The fourth-order valence-electron chi connectivity index (χ4n) is 2.72. The summed E-state index contributed by atoms with van der Waals surface area (Å²) in [6.07, 6.45) is 2.05. The third kappa shape index (κ3) is 3.67. The first-order chi connectivity index (χ1) is 11.8. The Morgan fingerprint density at radius 1 is 1.00 bits per heavy atom. The molecular weight excluding hydrogens is 302 g/mol. The normalized spacial score (nSPS) is 17.2. The molecule has 1 unspecified atom stereocenters. The Morgan fingerprint density at radius 2 is 1.58 bits per heavy atom. The highest BCUT2D eigenvalue weighted by Gasteiger charge is 2.29. The van der Waals surface area contributed by atoms with Crippen molar-refractivity contribution in [2.75, 3.05) is 6.61 Å². The first-order valence-electron chi connectivity index (χ1n) is 7.93. The first-order valence-corrected chi connectivity index (χ1v) is 7.93. The quantitative estimate of drug-likeness (QED) is 0.889. The molecule has 1 N–H and O–H groups in total. The zero-order valence-electron chi connectivity index (χ0n) is 13.2. The van der Waals surface area contributed by atoms with Crippen LogP contribution in [0, 0.1) is 0 Å². The van der Waals surface area contributed by atoms with Gasteiger partial charge in [-0.05, 0) is 11.1 Å². The number of carbonyl (C=O) groups is 1. The van der Waals surface area contributed by atoms with Gasteiger partial charge in [-0.2, -0.15) is 0 Å². The molecular formula is C20H19NO3. The van der Waals surface area contributed by atoms with E-state index in [0.29, 0.717) is 12.1 Å². The molecule has 2 aromatic rings. The zero-order valence-corrected chi connectivity index (χ0v) is 13.2. The third-order valence-electron chi connectivity index (χ3n) is 3.88. The van der Waals surface area contributed by atoms with Crippen LogP contribution < -0.4 is 0 Å². The first kappa shape index (κ1) is 16.3. The Hall–Kier alpha value is -2.56. The van der Waals surface area contributed by atoms with E-state index in [1.54, 1.807) is 0 Å². The maximum Gasteiger partial charge on any atom is 0.191 e. The molecule has 4 heteroatoms. The highest BCUT2D eigenvalue weighted by atomic mass is 16.5. The Bertz CT molecular complexity index is 698. The monoisotopic (exact) mass is 321 g/mol. The second kappa shape index (κ2) is 7.81. The molecule has 1 aliphatic rings. The van der Waals surface area contributed by atoms with Crippen molar-refractivity contribution in [3.63, 3.8) is 0 Å². The van der Waals surface area contributed by atoms with Crippen molar-refractivity contribution in [3.05, 3.63) is 84.1 Å². The lowest BCUT2D eigenvalue weighted by atomic mass is 9.99. The molecule has 0 amide bonds. The number of nitrogens with zero attached hydrogens (tertiary/aromatic N) is 1. The highest BCUT2D eigenvalue weighted by molar-refractivity contribution is 6.14. The van der Waals surface area contributed by atoms with Crippen LogP contribution in [0.15, 0.2) is 77.9 Å². The summed E-state index contributed by atoms with van der Waals surface area (Å²) < 4.78 is 6.20. The van der Waals surface area contributed by atoms with E-state index in [1.807, 2.05) is 60.7 Å². The molecule has 1 atom stereocenters. The highest BCUT2D eigenvalue weighted by Crippen LogP contribution is 2.28. The molecule has 0 fully saturated rings. The predicted octanol–water partition coefficient (Wildman–Crippen LogP) is 3.08. The Labute approximate surface area is 141 Å². The summed E-state index contributed by atoms with van der Waals surface area (Å²) in [7, 11) is 0. The molecule has 0 saturated carbocycles. The van der Waals surface area contributed by atoms with Crippen molar-refractivity contribution < 1.29 is 14.6 Å². The van der Waals surface area contributed by atoms with Crippen molar-refractivity contribution >= 4 is 11.5 Å². The van der Waals surface area contributed by atoms with Gasteiger partial charge in [-0.1, -0.05) is 60.7 Å². The van der Waals surface area contributed by atoms with Crippen molar-refractivity contribution in [2.24, 2.45) is 4.99 Å². The average Bonchev–Trinajstić information content (AvgIpc) is 2.63. The minimum atomic E-state index is -0.771. The molecule has 0 aliphatic carbocycles. The number of aliphatic hydroxyl groups excluding tert-OH is 1. The minimum Gasteiger partial charge on any atom is -0.396 e. The number of benzene rings is 2. The summed E-state index contributed by atoms with van der Waals surface area (Å²) in [5, 5.41) is 9.22. The second-order valence-corrected chi connectivity index (χ2v) is 5.53. The summed E-state index contributed by atoms with van der Waals surface area (Å²) in [5.74, 6) is -0.148. The fraction of sp³-hybridized carbons (Fsp3) is 0.200. The standard InChI is InChI=1S/C20H19NO3/c22-14-12-17-20(18(23)11-13-21-17)24-19(15-7-3-1-4-8-15)16-9-5-2-6-10-16/h1-11,13,19-20,22H,12,14H2. The molecule has 0 bridgehead atoms. The lowest BCUT2D eigenvalue weighted by molar-refractivity contribution is -0.124. The van der Waals surface area contributed by atoms with Gasteiger partial charge in [0.2, 0.25) is 0 Å². The largest absolute Gasteiger partial charge is 0.396 e. The van der Waals surface area contributed by atoms with Gasteiger partial charge < -0.3 is 9.84 Å². The van der Waals surface area contributed by atoms with Gasteiger partial charge in [0, 0.05) is 25.3 Å². The smallest absolute Gasteiger partial charge is 0.191 e. The Morgan fingerprint density at radius 3 is 2.12 bits per heavy atom. The molecule has 0 aromatic heterocycles. The molecule has 4 nitrogen and oxygen atoms in total. The molecule has 3 rings (SSSR count). The van der Waals surface area contributed by atoms with Gasteiger partial charge in [-0.25, -0.2) is 0 Å². The van der Waals surface area contributed by atoms with E-state index in [0.717, 1.165) is 11.1 Å². The number of aliphatic hydroxyl groups is 1. The topological polar surface area (TPSA) is 58.9 Å². The van der Waals surface area contributed by atoms with E-state index in [9.17, 15) is 9.90 Å². The van der Waals surface area contributed by atoms with Crippen LogP contribution in [0.25, 0.3) is 0 Å². The van der Waals surface area contributed by atoms with Crippen molar-refractivity contribution in [2.45, 2.75) is 18.6 Å². The van der Waals surface area contributed by atoms with E-state index in [2.05, 4.69) is 4.99 Å². The van der Waals surface area contributed by atoms with Gasteiger partial charge in [-0.15, -0.1) is 0 Å². The molecule has 24 heavy (non-hydrogen) atoms. The van der Waals surface area contributed by atoms with Crippen LogP contribution >= 0.6 is 0 Å². The summed E-state index contributed by atoms with van der Waals surface area (Å²) in [6, 6.07) is 19.6. The van der Waals surface area contributed by atoms with Crippen LogP contribution in [-0.2, 0) is 9.53 Å². The molecule has 0 spiro atoms. The predicted molar refractivity (Wildman–Crippen MR) is 92.9 cm³/mol. The number of carbonyl (C=O) groups excluding carboxylic acids is 1. The lowest BCUT2D eigenvalue weighted by Crippen LogP contribution is -2.35. The molecule has 0 saturated heterocycles.